The summed E-state index contributed by atoms with van der Waals surface area (Å²) in [7, 11) is -10.5. The van der Waals surface area contributed by atoms with E-state index in [2.05, 4.69) is 93.6 Å². The zero-order valence-corrected chi connectivity index (χ0v) is 76.7. The predicted molar refractivity (Wildman–Crippen MR) is 471 cm³/mol. The minimum absolute atomic E-state index is 0.0349. The van der Waals surface area contributed by atoms with Crippen molar-refractivity contribution in [3.05, 3.63) is 165 Å². The summed E-state index contributed by atoms with van der Waals surface area (Å²) in [5.74, 6) is 15.7. The number of sulfonamides is 4. The summed E-state index contributed by atoms with van der Waals surface area (Å²) in [6.45, 7) is 16.3. The number of carbonyl (C=O) groups is 4. The van der Waals surface area contributed by atoms with Gasteiger partial charge in [0.15, 0.2) is 62.8 Å². The number of carbonyl (C=O) groups excluding carboxylic acids is 4. The SMILES string of the molecule is Cc1ccc(NC(=O)c2c3c(cn2C)S(=O)(=O)NC(C(O)C#CC(C)(C)F)CO3)cc1C#N.Cc1ccc(NC(=O)c2c3c(cn2C)S(=O)(=O)N[C@@H](C(O)C#CC(C)(C)F)CO3)cc1C#N.Cc1ccc(NC(=O)c2c3c(cn2C)S(=O)(=O)N[C@H](C(O)C#CC(C)(C)F)CO3)cc1C#N.Cc1ccc(NC(=O)c2c3c(cn2C)S(=O)(=O)N[C@H](CC#CC(C)(C)O)CO3)cc1C#N. The minimum atomic E-state index is -4.19. The van der Waals surface area contributed by atoms with E-state index in [9.17, 15) is 107 Å². The number of ether oxygens (including phenoxy) is 4. The molecule has 8 heterocycles. The molecule has 7 atom stereocenters. The van der Waals surface area contributed by atoms with E-state index >= 15 is 0 Å². The average Bonchev–Trinajstić information content (AvgIpc) is 1.63. The van der Waals surface area contributed by atoms with Crippen molar-refractivity contribution in [1.29, 1.82) is 21.0 Å². The Balaban J connectivity index is 0.000000197. The number of aromatic nitrogens is 4. The number of rotatable bonds is 12. The molecule has 4 aliphatic heterocycles. The number of fused-ring (bicyclic) bond motifs is 4. The number of aliphatic hydroxyl groups is 4. The Labute approximate surface area is 755 Å². The second-order valence-corrected chi connectivity index (χ2v) is 39.1. The van der Waals surface area contributed by atoms with Gasteiger partial charge in [-0.15, -0.1) is 0 Å². The van der Waals surface area contributed by atoms with Gasteiger partial charge in [-0.2, -0.15) is 21.0 Å². The van der Waals surface area contributed by atoms with Crippen LogP contribution in [-0.2, 0) is 68.3 Å². The number of anilines is 4. The molecule has 4 aromatic heterocycles. The van der Waals surface area contributed by atoms with Crippen LogP contribution in [0.1, 0.15) is 148 Å². The van der Waals surface area contributed by atoms with Crippen LogP contribution in [0, 0.1) is 120 Å². The molecule has 131 heavy (non-hydrogen) atoms. The lowest BCUT2D eigenvalue weighted by atomic mass is 10.1. The van der Waals surface area contributed by atoms with Gasteiger partial charge in [-0.25, -0.2) is 65.7 Å². The van der Waals surface area contributed by atoms with E-state index in [4.69, 9.17) is 18.9 Å². The van der Waals surface area contributed by atoms with E-state index < -0.39 is 129 Å². The van der Waals surface area contributed by atoms with E-state index in [1.165, 1.54) is 138 Å². The molecule has 0 spiro atoms. The Morgan fingerprint density at radius 1 is 0.412 bits per heavy atom. The van der Waals surface area contributed by atoms with Crippen LogP contribution in [0.2, 0.25) is 0 Å². The van der Waals surface area contributed by atoms with Gasteiger partial charge in [0.25, 0.3) is 23.6 Å². The largest absolute Gasteiger partial charge is 0.488 e. The number of hydrogen-bond acceptors (Lipinski definition) is 24. The number of alkyl halides is 3. The molecule has 0 aliphatic carbocycles. The van der Waals surface area contributed by atoms with Gasteiger partial charge in [0.05, 0.1) is 70.7 Å². The van der Waals surface area contributed by atoms with Crippen molar-refractivity contribution >= 4 is 86.5 Å². The third kappa shape index (κ3) is 25.8. The van der Waals surface area contributed by atoms with E-state index in [-0.39, 0.29) is 98.2 Å². The molecule has 4 amide bonds. The number of amides is 4. The van der Waals surface area contributed by atoms with Gasteiger partial charge in [0.2, 0.25) is 40.1 Å². The maximum atomic E-state index is 13.6. The van der Waals surface area contributed by atoms with Crippen molar-refractivity contribution in [1.82, 2.24) is 37.2 Å². The van der Waals surface area contributed by atoms with E-state index in [0.29, 0.717) is 45.0 Å². The Morgan fingerprint density at radius 2 is 0.641 bits per heavy atom. The molecule has 43 heteroatoms. The van der Waals surface area contributed by atoms with Gasteiger partial charge in [0, 0.05) is 82.1 Å². The zero-order chi connectivity index (χ0) is 97.3. The number of nitrogens with one attached hydrogen (secondary N) is 8. The lowest BCUT2D eigenvalue weighted by Gasteiger charge is -2.18. The highest BCUT2D eigenvalue weighted by Crippen LogP contribution is 2.39. The van der Waals surface area contributed by atoms with E-state index in [0.717, 1.165) is 22.3 Å². The van der Waals surface area contributed by atoms with Gasteiger partial charge in [-0.1, -0.05) is 71.6 Å². The Morgan fingerprint density at radius 3 is 0.863 bits per heavy atom. The molecule has 0 fully saturated rings. The van der Waals surface area contributed by atoms with Crippen molar-refractivity contribution in [2.24, 2.45) is 28.2 Å². The van der Waals surface area contributed by atoms with E-state index in [1.807, 2.05) is 18.2 Å². The summed E-state index contributed by atoms with van der Waals surface area (Å²) >= 11 is 0. The first kappa shape index (κ1) is 101. The summed E-state index contributed by atoms with van der Waals surface area (Å²) < 4.78 is 181. The highest BCUT2D eigenvalue weighted by molar-refractivity contribution is 7.90. The molecular weight excluding hydrogens is 1790 g/mol. The maximum Gasteiger partial charge on any atom is 0.276 e. The zero-order valence-electron chi connectivity index (χ0n) is 73.5. The van der Waals surface area contributed by atoms with Crippen molar-refractivity contribution in [2.45, 2.75) is 174 Å². The molecule has 0 radical (unpaired) electrons. The Kier molecular flexibility index (Phi) is 31.1. The third-order valence-electron chi connectivity index (χ3n) is 19.2. The fraction of sp³-hybridized carbons (Fsp3) is 0.364. The predicted octanol–water partition coefficient (Wildman–Crippen LogP) is 6.49. The smallest absolute Gasteiger partial charge is 0.276 e. The summed E-state index contributed by atoms with van der Waals surface area (Å²) in [5, 5.41) is 87.8. The monoisotopic (exact) mass is 1880 g/mol. The van der Waals surface area contributed by atoms with Crippen LogP contribution in [0.15, 0.2) is 117 Å². The van der Waals surface area contributed by atoms with Crippen LogP contribution in [-0.4, -0.2) is 188 Å². The van der Waals surface area contributed by atoms with Crippen LogP contribution < -0.4 is 59.1 Å². The van der Waals surface area contributed by atoms with Crippen molar-refractivity contribution in [3.8, 4) is 94.6 Å². The Hall–Kier alpha value is -13.5. The fourth-order valence-corrected chi connectivity index (χ4v) is 18.3. The number of aryl methyl sites for hydroxylation is 8. The van der Waals surface area contributed by atoms with Gasteiger partial charge in [-0.05, 0) is 154 Å². The minimum Gasteiger partial charge on any atom is -0.488 e. The normalized spacial score (nSPS) is 17.7. The van der Waals surface area contributed by atoms with Crippen molar-refractivity contribution in [3.63, 3.8) is 0 Å². The number of hydrogen-bond donors (Lipinski definition) is 12. The number of nitriles is 4. The fourth-order valence-electron chi connectivity index (χ4n) is 12.6. The summed E-state index contributed by atoms with van der Waals surface area (Å²) in [5.41, 5.74) is -0.943. The standard InChI is InChI=1S/3C22H23FN4O5S.C22H24N4O5S/c3*1-13-5-6-15(9-14(13)10-24)25-21(29)19-20-18(11-27(19)4)33(30,31)26-16(12-32-20)17(28)7-8-22(2,3)23;1-14-7-8-16(10-15(14)11-23)24-21(27)19-20-18(12-26(19)4)32(29,30)25-17(13-31-20)6-5-9-22(2,3)28/h3*5-6,9,11,16-17,26,28H,12H2,1-4H3,(H,25,29);7-8,10,12,17,25,28H,6,13H2,1-4H3,(H,24,27)/t2*16-,17?;;17-/m10.1/s1. The molecule has 12 rings (SSSR count). The summed E-state index contributed by atoms with van der Waals surface area (Å²) in [6.07, 6.45) is 0.467. The van der Waals surface area contributed by atoms with Crippen LogP contribution >= 0.6 is 0 Å². The van der Waals surface area contributed by atoms with Gasteiger partial charge in [-0.3, -0.25) is 19.2 Å². The number of halogens is 3. The maximum absolute atomic E-state index is 13.6. The molecule has 4 aromatic carbocycles. The van der Waals surface area contributed by atoms with Gasteiger partial charge in [0.1, 0.15) is 69.9 Å². The van der Waals surface area contributed by atoms with Crippen molar-refractivity contribution in [2.75, 3.05) is 47.7 Å². The Bertz CT molecular complexity index is 6340. The molecular formula is C88H93F3N16O20S4. The molecule has 4 aliphatic rings. The topological polar surface area (TPSA) is 534 Å². The molecule has 36 nitrogen and oxygen atoms in total. The van der Waals surface area contributed by atoms with Gasteiger partial charge < -0.3 is 78.9 Å². The molecule has 4 unspecified atom stereocenters. The molecule has 690 valence electrons. The highest BCUT2D eigenvalue weighted by atomic mass is 32.2. The molecule has 0 saturated carbocycles. The first-order valence-corrected chi connectivity index (χ1v) is 45.4. The van der Waals surface area contributed by atoms with Gasteiger partial charge >= 0.3 is 0 Å². The lowest BCUT2D eigenvalue weighted by Crippen LogP contribution is -2.45. The number of nitrogens with zero attached hydrogens (tertiary/aromatic N) is 8. The summed E-state index contributed by atoms with van der Waals surface area (Å²) in [4.78, 5) is 50.9. The molecule has 0 bridgehead atoms. The third-order valence-corrected chi connectivity index (χ3v) is 25.2. The average molecular weight is 1880 g/mol. The second-order valence-electron chi connectivity index (χ2n) is 32.4. The number of aliphatic hydroxyl groups excluding tert-OH is 3. The van der Waals surface area contributed by atoms with Crippen LogP contribution in [0.4, 0.5) is 35.9 Å². The summed E-state index contributed by atoms with van der Waals surface area (Å²) in [6, 6.07) is 23.3. The van der Waals surface area contributed by atoms with Crippen LogP contribution in [0.25, 0.3) is 0 Å². The highest BCUT2D eigenvalue weighted by Gasteiger charge is 2.42. The molecule has 8 aromatic rings. The first-order valence-electron chi connectivity index (χ1n) is 39.5. The van der Waals surface area contributed by atoms with Crippen LogP contribution in [0.5, 0.6) is 23.0 Å². The second kappa shape index (κ2) is 40.3. The quantitative estimate of drug-likeness (QED) is 0.0581. The number of benzene rings is 4. The van der Waals surface area contributed by atoms with E-state index in [1.54, 1.807) is 89.3 Å². The molecule has 12 N–H and O–H groups in total. The molecule has 0 saturated heterocycles. The van der Waals surface area contributed by atoms with Crippen LogP contribution in [0.3, 0.4) is 0 Å². The van der Waals surface area contributed by atoms with Crippen molar-refractivity contribution < 1.29 is 105 Å². The lowest BCUT2D eigenvalue weighted by molar-refractivity contribution is 0.0999. The first-order chi connectivity index (χ1) is 60.9.